The van der Waals surface area contributed by atoms with E-state index in [2.05, 4.69) is 0 Å². The highest BCUT2D eigenvalue weighted by Gasteiger charge is 2.71. The van der Waals surface area contributed by atoms with Crippen molar-refractivity contribution in [2.45, 2.75) is 30.7 Å². The molecule has 3 nitrogen and oxygen atoms in total. The second kappa shape index (κ2) is 3.07. The number of carboxylic acids is 1. The molecule has 3 fully saturated rings. The highest BCUT2D eigenvalue weighted by Crippen LogP contribution is 2.74. The SMILES string of the molecule is NC(C(=O)O)C12CC(c3ccc(F)cc3)(C1)C2. The van der Waals surface area contributed by atoms with Crippen LogP contribution in [0.2, 0.25) is 0 Å². The average molecular weight is 235 g/mol. The molecule has 0 heterocycles. The van der Waals surface area contributed by atoms with Crippen LogP contribution in [0.25, 0.3) is 0 Å². The van der Waals surface area contributed by atoms with Gasteiger partial charge in [0.05, 0.1) is 0 Å². The lowest BCUT2D eigenvalue weighted by molar-refractivity contribution is -0.178. The molecule has 3 aliphatic carbocycles. The van der Waals surface area contributed by atoms with Crippen LogP contribution in [0.3, 0.4) is 0 Å². The summed E-state index contributed by atoms with van der Waals surface area (Å²) in [4.78, 5) is 10.9. The van der Waals surface area contributed by atoms with Gasteiger partial charge < -0.3 is 10.8 Å². The number of carboxylic acid groups (broad SMARTS) is 1. The van der Waals surface area contributed by atoms with Crippen molar-refractivity contribution in [3.05, 3.63) is 35.6 Å². The molecule has 90 valence electrons. The van der Waals surface area contributed by atoms with Crippen molar-refractivity contribution in [1.29, 1.82) is 0 Å². The monoisotopic (exact) mass is 235 g/mol. The smallest absolute Gasteiger partial charge is 0.321 e. The Labute approximate surface area is 98.4 Å². The van der Waals surface area contributed by atoms with Crippen LogP contribution < -0.4 is 5.73 Å². The first-order valence-corrected chi connectivity index (χ1v) is 5.72. The van der Waals surface area contributed by atoms with E-state index in [-0.39, 0.29) is 16.6 Å². The van der Waals surface area contributed by atoms with E-state index < -0.39 is 12.0 Å². The molecule has 0 saturated heterocycles. The third-order valence-electron chi connectivity index (χ3n) is 4.45. The second-order valence-corrected chi connectivity index (χ2v) is 5.50. The summed E-state index contributed by atoms with van der Waals surface area (Å²) in [6.45, 7) is 0. The van der Waals surface area contributed by atoms with Gasteiger partial charge in [-0.15, -0.1) is 0 Å². The van der Waals surface area contributed by atoms with Crippen molar-refractivity contribution >= 4 is 5.97 Å². The van der Waals surface area contributed by atoms with Gasteiger partial charge in [-0.1, -0.05) is 12.1 Å². The minimum absolute atomic E-state index is 0.0702. The number of rotatable bonds is 3. The number of carbonyl (C=O) groups is 1. The van der Waals surface area contributed by atoms with Crippen molar-refractivity contribution in [2.24, 2.45) is 11.1 Å². The fourth-order valence-electron chi connectivity index (χ4n) is 3.57. The molecule has 17 heavy (non-hydrogen) atoms. The normalized spacial score (nSPS) is 35.6. The third kappa shape index (κ3) is 1.27. The standard InChI is InChI=1S/C13H14FNO2/c14-9-3-1-8(2-4-9)12-5-13(6-12,7-12)10(15)11(16)17/h1-4,10H,5-7,15H2,(H,16,17). The molecule has 3 saturated carbocycles. The van der Waals surface area contributed by atoms with E-state index in [1.54, 1.807) is 12.1 Å². The molecule has 1 aromatic carbocycles. The molecule has 0 spiro atoms. The maximum Gasteiger partial charge on any atom is 0.321 e. The summed E-state index contributed by atoms with van der Waals surface area (Å²) in [6.07, 6.45) is 2.46. The first-order valence-electron chi connectivity index (χ1n) is 5.72. The summed E-state index contributed by atoms with van der Waals surface area (Å²) in [5.74, 6) is -1.16. The van der Waals surface area contributed by atoms with Gasteiger partial charge in [0, 0.05) is 0 Å². The lowest BCUT2D eigenvalue weighted by Crippen LogP contribution is -2.72. The average Bonchev–Trinajstić information content (AvgIpc) is 2.16. The second-order valence-electron chi connectivity index (χ2n) is 5.50. The first kappa shape index (κ1) is 10.7. The van der Waals surface area contributed by atoms with Crippen LogP contribution in [0.15, 0.2) is 24.3 Å². The van der Waals surface area contributed by atoms with Gasteiger partial charge in [0.1, 0.15) is 11.9 Å². The molecular formula is C13H14FNO2. The summed E-state index contributed by atoms with van der Waals surface area (Å²) < 4.78 is 12.8. The summed E-state index contributed by atoms with van der Waals surface area (Å²) >= 11 is 0. The van der Waals surface area contributed by atoms with E-state index in [1.807, 2.05) is 0 Å². The first-order chi connectivity index (χ1) is 7.97. The quantitative estimate of drug-likeness (QED) is 0.837. The van der Waals surface area contributed by atoms with Crippen LogP contribution in [-0.4, -0.2) is 17.1 Å². The van der Waals surface area contributed by atoms with Gasteiger partial charge >= 0.3 is 5.97 Å². The Balaban J connectivity index is 1.76. The van der Waals surface area contributed by atoms with Gasteiger partial charge in [-0.3, -0.25) is 4.79 Å². The van der Waals surface area contributed by atoms with Crippen LogP contribution in [0.1, 0.15) is 24.8 Å². The molecular weight excluding hydrogens is 221 g/mol. The molecule has 4 heteroatoms. The summed E-state index contributed by atoms with van der Waals surface area (Å²) in [5.41, 5.74) is 6.67. The fraction of sp³-hybridized carbons (Fsp3) is 0.462. The Hall–Kier alpha value is -1.42. The Bertz CT molecular complexity index is 463. The Morgan fingerprint density at radius 1 is 1.29 bits per heavy atom. The predicted molar refractivity (Wildman–Crippen MR) is 60.0 cm³/mol. The minimum atomic E-state index is -0.919. The van der Waals surface area contributed by atoms with E-state index in [4.69, 9.17) is 10.8 Å². The van der Waals surface area contributed by atoms with Gasteiger partial charge in [-0.25, -0.2) is 4.39 Å². The number of halogens is 1. The van der Waals surface area contributed by atoms with Crippen molar-refractivity contribution in [2.75, 3.05) is 0 Å². The van der Waals surface area contributed by atoms with Crippen LogP contribution in [0, 0.1) is 11.2 Å². The van der Waals surface area contributed by atoms with E-state index in [0.717, 1.165) is 24.8 Å². The zero-order valence-corrected chi connectivity index (χ0v) is 9.32. The maximum atomic E-state index is 12.8. The Morgan fingerprint density at radius 2 is 1.82 bits per heavy atom. The van der Waals surface area contributed by atoms with Crippen LogP contribution >= 0.6 is 0 Å². The van der Waals surface area contributed by atoms with Gasteiger partial charge in [0.25, 0.3) is 0 Å². The highest BCUT2D eigenvalue weighted by atomic mass is 19.1. The Kier molecular flexibility index (Phi) is 1.94. The lowest BCUT2D eigenvalue weighted by Gasteiger charge is -2.72. The predicted octanol–water partition coefficient (Wildman–Crippen LogP) is 1.66. The highest BCUT2D eigenvalue weighted by molar-refractivity contribution is 5.75. The molecule has 0 amide bonds. The summed E-state index contributed by atoms with van der Waals surface area (Å²) in [7, 11) is 0. The number of hydrogen-bond donors (Lipinski definition) is 2. The van der Waals surface area contributed by atoms with Gasteiger partial charge in [-0.2, -0.15) is 0 Å². The van der Waals surface area contributed by atoms with Crippen LogP contribution in [-0.2, 0) is 10.2 Å². The molecule has 1 aromatic rings. The van der Waals surface area contributed by atoms with Gasteiger partial charge in [0.2, 0.25) is 0 Å². The van der Waals surface area contributed by atoms with Crippen molar-refractivity contribution in [3.63, 3.8) is 0 Å². The lowest BCUT2D eigenvalue weighted by atomic mass is 9.31. The van der Waals surface area contributed by atoms with E-state index in [1.165, 1.54) is 12.1 Å². The fourth-order valence-corrected chi connectivity index (χ4v) is 3.57. The zero-order valence-electron chi connectivity index (χ0n) is 9.32. The van der Waals surface area contributed by atoms with Crippen LogP contribution in [0.4, 0.5) is 4.39 Å². The van der Waals surface area contributed by atoms with Gasteiger partial charge in [0.15, 0.2) is 0 Å². The largest absolute Gasteiger partial charge is 0.480 e. The number of hydrogen-bond acceptors (Lipinski definition) is 2. The molecule has 0 aliphatic heterocycles. The maximum absolute atomic E-state index is 12.8. The molecule has 3 N–H and O–H groups in total. The zero-order chi connectivity index (χ0) is 12.3. The molecule has 2 bridgehead atoms. The molecule has 3 aliphatic rings. The molecule has 1 atom stereocenters. The van der Waals surface area contributed by atoms with E-state index >= 15 is 0 Å². The third-order valence-corrected chi connectivity index (χ3v) is 4.45. The Morgan fingerprint density at radius 3 is 2.29 bits per heavy atom. The minimum Gasteiger partial charge on any atom is -0.480 e. The van der Waals surface area contributed by atoms with Gasteiger partial charge in [-0.05, 0) is 47.8 Å². The number of aliphatic carboxylic acids is 1. The summed E-state index contributed by atoms with van der Waals surface area (Å²) in [6, 6.07) is 5.75. The van der Waals surface area contributed by atoms with E-state index in [9.17, 15) is 9.18 Å². The van der Waals surface area contributed by atoms with Crippen LogP contribution in [0.5, 0.6) is 0 Å². The molecule has 0 radical (unpaired) electrons. The molecule has 4 rings (SSSR count). The van der Waals surface area contributed by atoms with E-state index in [0.29, 0.717) is 0 Å². The van der Waals surface area contributed by atoms with Crippen molar-refractivity contribution < 1.29 is 14.3 Å². The summed E-state index contributed by atoms with van der Waals surface area (Å²) in [5, 5.41) is 8.92. The topological polar surface area (TPSA) is 63.3 Å². The number of benzene rings is 1. The molecule has 1 unspecified atom stereocenters. The number of nitrogens with two attached hydrogens (primary N) is 1. The van der Waals surface area contributed by atoms with Crippen molar-refractivity contribution in [1.82, 2.24) is 0 Å². The van der Waals surface area contributed by atoms with Crippen molar-refractivity contribution in [3.8, 4) is 0 Å². The molecule has 0 aromatic heterocycles.